The van der Waals surface area contributed by atoms with Crippen molar-refractivity contribution in [3.05, 3.63) is 0 Å². The Bertz CT molecular complexity index is 351. The third-order valence-corrected chi connectivity index (χ3v) is 4.02. The summed E-state index contributed by atoms with van der Waals surface area (Å²) in [4.78, 5) is 23.1. The Hall–Kier alpha value is -1.30. The highest BCUT2D eigenvalue weighted by Crippen LogP contribution is 2.39. The predicted molar refractivity (Wildman–Crippen MR) is 68.8 cm³/mol. The third-order valence-electron chi connectivity index (χ3n) is 4.02. The van der Waals surface area contributed by atoms with Gasteiger partial charge in [0.15, 0.2) is 0 Å². The van der Waals surface area contributed by atoms with Gasteiger partial charge in [0, 0.05) is 13.2 Å². The minimum absolute atomic E-state index is 0.0498. The molecule has 2 unspecified atom stereocenters. The molecular formula is C13H22N2O4. The van der Waals surface area contributed by atoms with Gasteiger partial charge in [-0.25, -0.2) is 9.59 Å². The molecule has 0 radical (unpaired) electrons. The summed E-state index contributed by atoms with van der Waals surface area (Å²) >= 11 is 0. The molecule has 2 rings (SSSR count). The lowest BCUT2D eigenvalue weighted by molar-refractivity contribution is -0.144. The van der Waals surface area contributed by atoms with Crippen LogP contribution < -0.4 is 10.6 Å². The monoisotopic (exact) mass is 270 g/mol. The summed E-state index contributed by atoms with van der Waals surface area (Å²) in [6.07, 6.45) is 3.78. The first-order valence-corrected chi connectivity index (χ1v) is 6.89. The van der Waals surface area contributed by atoms with Gasteiger partial charge in [-0.05, 0) is 44.4 Å². The summed E-state index contributed by atoms with van der Waals surface area (Å²) < 4.78 is 5.34. The lowest BCUT2D eigenvalue weighted by Crippen LogP contribution is -2.57. The predicted octanol–water partition coefficient (Wildman–Crippen LogP) is 0.965. The molecule has 2 amide bonds. The van der Waals surface area contributed by atoms with Gasteiger partial charge in [0.25, 0.3) is 0 Å². The van der Waals surface area contributed by atoms with E-state index in [2.05, 4.69) is 10.6 Å². The lowest BCUT2D eigenvalue weighted by Gasteiger charge is -2.27. The summed E-state index contributed by atoms with van der Waals surface area (Å²) in [6.45, 7) is 3.57. The summed E-state index contributed by atoms with van der Waals surface area (Å²) in [5.74, 6) is -0.587. The van der Waals surface area contributed by atoms with Gasteiger partial charge in [-0.15, -0.1) is 0 Å². The van der Waals surface area contributed by atoms with Gasteiger partial charge in [0.2, 0.25) is 0 Å². The standard InChI is InChI=1S/C13H22N2O4/c1-13(11(16)17,10-4-5-10)15-12(18)14-7-9-3-2-6-19-8-9/h9-10H,2-8H2,1H3,(H,16,17)(H2,14,15,18). The largest absolute Gasteiger partial charge is 0.480 e. The number of urea groups is 1. The first-order valence-electron chi connectivity index (χ1n) is 6.89. The number of aliphatic carboxylic acids is 1. The Kier molecular flexibility index (Phi) is 4.29. The second-order valence-electron chi connectivity index (χ2n) is 5.70. The lowest BCUT2D eigenvalue weighted by atomic mass is 9.96. The number of ether oxygens (including phenoxy) is 1. The minimum Gasteiger partial charge on any atom is -0.480 e. The van der Waals surface area contributed by atoms with Crippen LogP contribution in [-0.4, -0.2) is 42.4 Å². The zero-order chi connectivity index (χ0) is 13.9. The van der Waals surface area contributed by atoms with Gasteiger partial charge in [-0.1, -0.05) is 0 Å². The summed E-state index contributed by atoms with van der Waals surface area (Å²) in [5.41, 5.74) is -1.15. The van der Waals surface area contributed by atoms with E-state index in [1.807, 2.05) is 0 Å². The van der Waals surface area contributed by atoms with Crippen molar-refractivity contribution < 1.29 is 19.4 Å². The van der Waals surface area contributed by atoms with Gasteiger partial charge < -0.3 is 20.5 Å². The summed E-state index contributed by atoms with van der Waals surface area (Å²) in [7, 11) is 0. The van der Waals surface area contributed by atoms with Crippen LogP contribution in [0.1, 0.15) is 32.6 Å². The topological polar surface area (TPSA) is 87.7 Å². The van der Waals surface area contributed by atoms with Gasteiger partial charge in [0.1, 0.15) is 5.54 Å². The fourth-order valence-electron chi connectivity index (χ4n) is 2.48. The van der Waals surface area contributed by atoms with Crippen molar-refractivity contribution in [1.82, 2.24) is 10.6 Å². The molecule has 0 aromatic rings. The van der Waals surface area contributed by atoms with Crippen LogP contribution >= 0.6 is 0 Å². The Balaban J connectivity index is 1.77. The molecule has 0 bridgehead atoms. The second kappa shape index (κ2) is 5.77. The molecule has 0 spiro atoms. The van der Waals surface area contributed by atoms with Gasteiger partial charge in [-0.3, -0.25) is 0 Å². The minimum atomic E-state index is -1.15. The van der Waals surface area contributed by atoms with Crippen LogP contribution in [0.25, 0.3) is 0 Å². The average Bonchev–Trinajstić information content (AvgIpc) is 3.22. The Morgan fingerprint density at radius 1 is 1.37 bits per heavy atom. The molecule has 3 N–H and O–H groups in total. The number of hydrogen-bond donors (Lipinski definition) is 3. The number of carbonyl (C=O) groups is 2. The molecule has 6 nitrogen and oxygen atoms in total. The van der Waals surface area contributed by atoms with Crippen LogP contribution in [0, 0.1) is 11.8 Å². The first kappa shape index (κ1) is 14.1. The van der Waals surface area contributed by atoms with Crippen molar-refractivity contribution in [3.63, 3.8) is 0 Å². The molecule has 1 saturated heterocycles. The van der Waals surface area contributed by atoms with Gasteiger partial charge >= 0.3 is 12.0 Å². The molecule has 1 aliphatic heterocycles. The van der Waals surface area contributed by atoms with E-state index in [1.54, 1.807) is 6.92 Å². The Morgan fingerprint density at radius 3 is 2.63 bits per heavy atom. The second-order valence-corrected chi connectivity index (χ2v) is 5.70. The van der Waals surface area contributed by atoms with E-state index in [-0.39, 0.29) is 5.92 Å². The quantitative estimate of drug-likeness (QED) is 0.694. The number of hydrogen-bond acceptors (Lipinski definition) is 3. The molecule has 2 fully saturated rings. The molecule has 1 saturated carbocycles. The molecule has 2 atom stereocenters. The number of nitrogens with one attached hydrogen (secondary N) is 2. The zero-order valence-corrected chi connectivity index (χ0v) is 11.3. The van der Waals surface area contributed by atoms with Crippen LogP contribution in [0.4, 0.5) is 4.79 Å². The van der Waals surface area contributed by atoms with E-state index in [0.717, 1.165) is 32.3 Å². The third kappa shape index (κ3) is 3.59. The van der Waals surface area contributed by atoms with E-state index in [1.165, 1.54) is 0 Å². The fourth-order valence-corrected chi connectivity index (χ4v) is 2.48. The maximum absolute atomic E-state index is 11.8. The van der Waals surface area contributed by atoms with Crippen molar-refractivity contribution in [2.75, 3.05) is 19.8 Å². The van der Waals surface area contributed by atoms with Crippen LogP contribution in [-0.2, 0) is 9.53 Å². The van der Waals surface area contributed by atoms with Gasteiger partial charge in [-0.2, -0.15) is 0 Å². The maximum atomic E-state index is 11.8. The van der Waals surface area contributed by atoms with Crippen molar-refractivity contribution in [2.24, 2.45) is 11.8 Å². The molecule has 6 heteroatoms. The smallest absolute Gasteiger partial charge is 0.329 e. The SMILES string of the molecule is CC(NC(=O)NCC1CCCOC1)(C(=O)O)C1CC1. The van der Waals surface area contributed by atoms with E-state index >= 15 is 0 Å². The van der Waals surface area contributed by atoms with Crippen molar-refractivity contribution >= 4 is 12.0 Å². The Morgan fingerprint density at radius 2 is 2.11 bits per heavy atom. The van der Waals surface area contributed by atoms with Crippen molar-refractivity contribution in [3.8, 4) is 0 Å². The highest BCUT2D eigenvalue weighted by atomic mass is 16.5. The van der Waals surface area contributed by atoms with E-state index in [4.69, 9.17) is 4.74 Å². The number of carboxylic acids is 1. The number of amides is 2. The van der Waals surface area contributed by atoms with Crippen molar-refractivity contribution in [1.29, 1.82) is 0 Å². The highest BCUT2D eigenvalue weighted by Gasteiger charge is 2.48. The zero-order valence-electron chi connectivity index (χ0n) is 11.3. The van der Waals surface area contributed by atoms with Crippen LogP contribution in [0.5, 0.6) is 0 Å². The molecule has 108 valence electrons. The molecule has 19 heavy (non-hydrogen) atoms. The highest BCUT2D eigenvalue weighted by molar-refractivity contribution is 5.86. The molecule has 2 aliphatic rings. The van der Waals surface area contributed by atoms with Crippen LogP contribution in [0.15, 0.2) is 0 Å². The summed E-state index contributed by atoms with van der Waals surface area (Å²) in [5, 5.41) is 14.6. The van der Waals surface area contributed by atoms with E-state index in [9.17, 15) is 14.7 Å². The summed E-state index contributed by atoms with van der Waals surface area (Å²) in [6, 6.07) is -0.401. The normalized spacial score (nSPS) is 26.3. The molecule has 0 aromatic carbocycles. The van der Waals surface area contributed by atoms with E-state index < -0.39 is 17.5 Å². The molecule has 1 heterocycles. The fraction of sp³-hybridized carbons (Fsp3) is 0.846. The number of carboxylic acid groups (broad SMARTS) is 1. The number of carbonyl (C=O) groups excluding carboxylic acids is 1. The molecule has 0 aromatic heterocycles. The van der Waals surface area contributed by atoms with Crippen molar-refractivity contribution in [2.45, 2.75) is 38.1 Å². The van der Waals surface area contributed by atoms with Crippen LogP contribution in [0.3, 0.4) is 0 Å². The molecule has 1 aliphatic carbocycles. The average molecular weight is 270 g/mol. The Labute approximate surface area is 112 Å². The molecular weight excluding hydrogens is 248 g/mol. The maximum Gasteiger partial charge on any atom is 0.329 e. The van der Waals surface area contributed by atoms with Crippen LogP contribution in [0.2, 0.25) is 0 Å². The first-order chi connectivity index (χ1) is 9.02. The van der Waals surface area contributed by atoms with E-state index in [0.29, 0.717) is 19.1 Å². The van der Waals surface area contributed by atoms with Gasteiger partial charge in [0.05, 0.1) is 6.61 Å². The number of rotatable bonds is 5.